The van der Waals surface area contributed by atoms with Crippen molar-refractivity contribution in [1.29, 1.82) is 0 Å². The molecular formula is C14H23N5O2. The molecule has 1 saturated heterocycles. The molecule has 1 aliphatic rings. The van der Waals surface area contributed by atoms with Gasteiger partial charge < -0.3 is 10.6 Å². The molecule has 2 rings (SSSR count). The van der Waals surface area contributed by atoms with Crippen LogP contribution in [0.2, 0.25) is 0 Å². The van der Waals surface area contributed by atoms with Crippen LogP contribution in [0.1, 0.15) is 26.7 Å². The lowest BCUT2D eigenvalue weighted by molar-refractivity contribution is -0.122. The Hall–Kier alpha value is -1.89. The fourth-order valence-electron chi connectivity index (χ4n) is 2.46. The van der Waals surface area contributed by atoms with Crippen LogP contribution in [0.15, 0.2) is 12.3 Å². The van der Waals surface area contributed by atoms with E-state index in [0.717, 1.165) is 18.8 Å². The summed E-state index contributed by atoms with van der Waals surface area (Å²) in [6.07, 6.45) is 3.07. The smallest absolute Gasteiger partial charge is 0.239 e. The highest BCUT2D eigenvalue weighted by atomic mass is 16.2. The second-order valence-electron chi connectivity index (χ2n) is 5.36. The van der Waals surface area contributed by atoms with Crippen LogP contribution < -0.4 is 10.6 Å². The summed E-state index contributed by atoms with van der Waals surface area (Å²) in [5.41, 5.74) is 0. The third-order valence-electron chi connectivity index (χ3n) is 3.59. The molecule has 7 heteroatoms. The van der Waals surface area contributed by atoms with Gasteiger partial charge in [-0.05, 0) is 13.3 Å². The summed E-state index contributed by atoms with van der Waals surface area (Å²) in [7, 11) is 0. The van der Waals surface area contributed by atoms with Crippen molar-refractivity contribution in [2.45, 2.75) is 39.3 Å². The van der Waals surface area contributed by atoms with Gasteiger partial charge in [-0.2, -0.15) is 5.10 Å². The van der Waals surface area contributed by atoms with E-state index in [4.69, 9.17) is 0 Å². The lowest BCUT2D eigenvalue weighted by Crippen LogP contribution is -2.40. The maximum absolute atomic E-state index is 12.2. The summed E-state index contributed by atoms with van der Waals surface area (Å²) in [5, 5.41) is 9.89. The maximum atomic E-state index is 12.2. The summed E-state index contributed by atoms with van der Waals surface area (Å²) in [4.78, 5) is 25.6. The van der Waals surface area contributed by atoms with E-state index in [9.17, 15) is 9.59 Å². The molecule has 1 aromatic rings. The topological polar surface area (TPSA) is 79.3 Å². The third kappa shape index (κ3) is 4.29. The molecule has 1 aliphatic heterocycles. The van der Waals surface area contributed by atoms with Gasteiger partial charge in [0, 0.05) is 38.2 Å². The lowest BCUT2D eigenvalue weighted by Gasteiger charge is -2.25. The first-order chi connectivity index (χ1) is 10.1. The molecule has 2 heterocycles. The van der Waals surface area contributed by atoms with Crippen molar-refractivity contribution in [1.82, 2.24) is 20.0 Å². The van der Waals surface area contributed by atoms with E-state index in [1.807, 2.05) is 11.8 Å². The molecule has 0 saturated carbocycles. The molecule has 0 bridgehead atoms. The molecule has 1 aromatic heterocycles. The molecule has 0 aromatic carbocycles. The first-order valence-corrected chi connectivity index (χ1v) is 7.42. The number of aromatic nitrogens is 2. The number of amides is 2. The zero-order valence-electron chi connectivity index (χ0n) is 12.6. The molecule has 21 heavy (non-hydrogen) atoms. The van der Waals surface area contributed by atoms with Crippen LogP contribution in [-0.4, -0.2) is 52.2 Å². The van der Waals surface area contributed by atoms with Gasteiger partial charge in [-0.25, -0.2) is 4.68 Å². The Morgan fingerprint density at radius 3 is 3.14 bits per heavy atom. The van der Waals surface area contributed by atoms with Gasteiger partial charge in [0.15, 0.2) is 0 Å². The Bertz CT molecular complexity index is 499. The number of carbonyl (C=O) groups excluding carboxylic acids is 2. The molecule has 0 aliphatic carbocycles. The molecule has 2 amide bonds. The normalized spacial score (nSPS) is 19.9. The number of nitrogens with zero attached hydrogens (tertiary/aromatic N) is 3. The van der Waals surface area contributed by atoms with Gasteiger partial charge in [-0.3, -0.25) is 14.5 Å². The van der Waals surface area contributed by atoms with Gasteiger partial charge in [-0.1, -0.05) is 6.92 Å². The number of rotatable bonds is 5. The highest BCUT2D eigenvalue weighted by Gasteiger charge is 2.23. The van der Waals surface area contributed by atoms with Crippen LogP contribution in [0, 0.1) is 0 Å². The van der Waals surface area contributed by atoms with Crippen molar-refractivity contribution in [3.8, 4) is 0 Å². The maximum Gasteiger partial charge on any atom is 0.239 e. The fraction of sp³-hybridized carbons (Fsp3) is 0.643. The van der Waals surface area contributed by atoms with Crippen LogP contribution >= 0.6 is 0 Å². The molecule has 0 radical (unpaired) electrons. The number of anilines is 1. The highest BCUT2D eigenvalue weighted by Crippen LogP contribution is 2.09. The number of hydrogen-bond acceptors (Lipinski definition) is 4. The Kier molecular flexibility index (Phi) is 5.32. The summed E-state index contributed by atoms with van der Waals surface area (Å²) in [6, 6.07) is 1.86. The van der Waals surface area contributed by atoms with Crippen LogP contribution in [0.4, 0.5) is 5.82 Å². The quantitative estimate of drug-likeness (QED) is 0.826. The zero-order valence-corrected chi connectivity index (χ0v) is 12.6. The van der Waals surface area contributed by atoms with Crippen molar-refractivity contribution >= 4 is 17.6 Å². The molecule has 1 unspecified atom stereocenters. The van der Waals surface area contributed by atoms with E-state index in [1.54, 1.807) is 16.9 Å². The second-order valence-corrected chi connectivity index (χ2v) is 5.36. The average Bonchev–Trinajstić information content (AvgIpc) is 2.78. The first kappa shape index (κ1) is 15.5. The van der Waals surface area contributed by atoms with Crippen molar-refractivity contribution in [2.24, 2.45) is 0 Å². The second kappa shape index (κ2) is 7.21. The minimum absolute atomic E-state index is 0.0476. The van der Waals surface area contributed by atoms with E-state index in [-0.39, 0.29) is 24.4 Å². The van der Waals surface area contributed by atoms with Crippen molar-refractivity contribution < 1.29 is 9.59 Å². The third-order valence-corrected chi connectivity index (χ3v) is 3.59. The van der Waals surface area contributed by atoms with E-state index >= 15 is 0 Å². The monoisotopic (exact) mass is 293 g/mol. The molecule has 2 N–H and O–H groups in total. The van der Waals surface area contributed by atoms with Gasteiger partial charge in [0.25, 0.3) is 0 Å². The minimum atomic E-state index is -0.0750. The minimum Gasteiger partial charge on any atom is -0.355 e. The van der Waals surface area contributed by atoms with Crippen LogP contribution in [0.25, 0.3) is 0 Å². The Morgan fingerprint density at radius 2 is 2.38 bits per heavy atom. The predicted molar refractivity (Wildman–Crippen MR) is 79.8 cm³/mol. The summed E-state index contributed by atoms with van der Waals surface area (Å²) >= 11 is 0. The van der Waals surface area contributed by atoms with Crippen LogP contribution in [-0.2, 0) is 16.1 Å². The predicted octanol–water partition coefficient (Wildman–Crippen LogP) is 0.442. The number of carbonyl (C=O) groups is 2. The van der Waals surface area contributed by atoms with Gasteiger partial charge in [0.1, 0.15) is 5.82 Å². The standard InChI is InChI=1S/C14H23N5O2/c1-3-7-19-12(4-5-16-19)17-14(21)10-18-8-6-15-13(20)9-11(18)2/h4-5,11H,3,6-10H2,1-2H3,(H,15,20)(H,17,21). The van der Waals surface area contributed by atoms with Crippen LogP contribution in [0.5, 0.6) is 0 Å². The van der Waals surface area contributed by atoms with Crippen molar-refractivity contribution in [3.05, 3.63) is 12.3 Å². The van der Waals surface area contributed by atoms with Crippen LogP contribution in [0.3, 0.4) is 0 Å². The molecule has 116 valence electrons. The van der Waals surface area contributed by atoms with Gasteiger partial charge in [0.05, 0.1) is 12.7 Å². The Morgan fingerprint density at radius 1 is 1.57 bits per heavy atom. The average molecular weight is 293 g/mol. The molecule has 1 fully saturated rings. The molecule has 1 atom stereocenters. The van der Waals surface area contributed by atoms with Gasteiger partial charge >= 0.3 is 0 Å². The van der Waals surface area contributed by atoms with Crippen molar-refractivity contribution in [3.63, 3.8) is 0 Å². The van der Waals surface area contributed by atoms with E-state index in [1.165, 1.54) is 0 Å². The molecular weight excluding hydrogens is 270 g/mol. The first-order valence-electron chi connectivity index (χ1n) is 7.42. The van der Waals surface area contributed by atoms with E-state index < -0.39 is 0 Å². The number of hydrogen-bond donors (Lipinski definition) is 2. The Balaban J connectivity index is 1.91. The van der Waals surface area contributed by atoms with E-state index in [0.29, 0.717) is 19.5 Å². The number of nitrogens with one attached hydrogen (secondary N) is 2. The largest absolute Gasteiger partial charge is 0.355 e. The zero-order chi connectivity index (χ0) is 15.2. The lowest BCUT2D eigenvalue weighted by atomic mass is 10.2. The Labute approximate surface area is 124 Å². The SMILES string of the molecule is CCCn1nccc1NC(=O)CN1CCNC(=O)CC1C. The molecule has 7 nitrogen and oxygen atoms in total. The van der Waals surface area contributed by atoms with Crippen molar-refractivity contribution in [2.75, 3.05) is 25.0 Å². The summed E-state index contributed by atoms with van der Waals surface area (Å²) < 4.78 is 1.79. The summed E-state index contributed by atoms with van der Waals surface area (Å²) in [6.45, 7) is 6.38. The highest BCUT2D eigenvalue weighted by molar-refractivity contribution is 5.91. The molecule has 0 spiro atoms. The fourth-order valence-corrected chi connectivity index (χ4v) is 2.46. The summed E-state index contributed by atoms with van der Waals surface area (Å²) in [5.74, 6) is 0.694. The van der Waals surface area contributed by atoms with Gasteiger partial charge in [0.2, 0.25) is 11.8 Å². The van der Waals surface area contributed by atoms with E-state index in [2.05, 4.69) is 22.7 Å². The number of aryl methyl sites for hydroxylation is 1. The van der Waals surface area contributed by atoms with Gasteiger partial charge in [-0.15, -0.1) is 0 Å².